The summed E-state index contributed by atoms with van der Waals surface area (Å²) in [7, 11) is 0. The zero-order valence-electron chi connectivity index (χ0n) is 12.3. The van der Waals surface area contributed by atoms with Gasteiger partial charge in [-0.05, 0) is 49.4 Å². The van der Waals surface area contributed by atoms with Gasteiger partial charge in [0.1, 0.15) is 29.2 Å². The highest BCUT2D eigenvalue weighted by molar-refractivity contribution is 6.30. The van der Waals surface area contributed by atoms with Gasteiger partial charge in [0.25, 0.3) is 0 Å². The number of fused-ring (bicyclic) bond motifs is 1. The van der Waals surface area contributed by atoms with E-state index in [1.807, 2.05) is 49.4 Å². The van der Waals surface area contributed by atoms with Gasteiger partial charge in [0.15, 0.2) is 0 Å². The third-order valence-electron chi connectivity index (χ3n) is 3.54. The van der Waals surface area contributed by atoms with E-state index in [-0.39, 0.29) is 5.57 Å². The van der Waals surface area contributed by atoms with Crippen molar-refractivity contribution < 1.29 is 4.74 Å². The summed E-state index contributed by atoms with van der Waals surface area (Å²) in [6.45, 7) is 1.95. The maximum atomic E-state index is 9.25. The van der Waals surface area contributed by atoms with Gasteiger partial charge in [-0.15, -0.1) is 0 Å². The van der Waals surface area contributed by atoms with Gasteiger partial charge in [0, 0.05) is 21.7 Å². The third kappa shape index (κ3) is 2.83. The summed E-state index contributed by atoms with van der Waals surface area (Å²) in [5.41, 5.74) is 3.24. The molecule has 4 heteroatoms. The first-order valence-electron chi connectivity index (χ1n) is 6.93. The lowest BCUT2D eigenvalue weighted by molar-refractivity contribution is 0.509. The number of nitrogens with zero attached hydrogens (tertiary/aromatic N) is 2. The van der Waals surface area contributed by atoms with E-state index in [1.165, 1.54) is 0 Å². The minimum atomic E-state index is 0.0617. The Morgan fingerprint density at radius 3 is 2.39 bits per heavy atom. The Hall–Kier alpha value is -3.01. The zero-order valence-corrected chi connectivity index (χ0v) is 13.1. The normalized spacial score (nSPS) is 12.3. The number of ether oxygens (including phenoxy) is 1. The Balaban J connectivity index is 2.22. The van der Waals surface area contributed by atoms with Gasteiger partial charge in [-0.2, -0.15) is 10.5 Å². The molecule has 1 aliphatic heterocycles. The second-order valence-corrected chi connectivity index (χ2v) is 5.57. The van der Waals surface area contributed by atoms with E-state index >= 15 is 0 Å². The quantitative estimate of drug-likeness (QED) is 0.704. The van der Waals surface area contributed by atoms with Crippen LogP contribution in [0.15, 0.2) is 54.1 Å². The van der Waals surface area contributed by atoms with E-state index < -0.39 is 0 Å². The topological polar surface area (TPSA) is 56.8 Å². The summed E-state index contributed by atoms with van der Waals surface area (Å²) in [4.78, 5) is 0. The number of hydrogen-bond donors (Lipinski definition) is 0. The lowest BCUT2D eigenvalue weighted by atomic mass is 9.94. The monoisotopic (exact) mass is 318 g/mol. The molecule has 0 atom stereocenters. The van der Waals surface area contributed by atoms with Crippen molar-refractivity contribution in [2.45, 2.75) is 6.92 Å². The summed E-state index contributed by atoms with van der Waals surface area (Å²) in [5, 5.41) is 19.1. The van der Waals surface area contributed by atoms with Crippen LogP contribution in [0.25, 0.3) is 11.3 Å². The second kappa shape index (κ2) is 6.01. The van der Waals surface area contributed by atoms with Crippen molar-refractivity contribution >= 4 is 22.9 Å². The van der Waals surface area contributed by atoms with E-state index in [2.05, 4.69) is 0 Å². The molecule has 0 N–H and O–H groups in total. The summed E-state index contributed by atoms with van der Waals surface area (Å²) >= 11 is 5.92. The molecule has 0 aliphatic carbocycles. The van der Waals surface area contributed by atoms with Crippen molar-refractivity contribution in [1.82, 2.24) is 0 Å². The molecule has 1 aliphatic rings. The largest absolute Gasteiger partial charge is 0.456 e. The lowest BCUT2D eigenvalue weighted by Crippen LogP contribution is -2.05. The Kier molecular flexibility index (Phi) is 3.89. The molecule has 3 nitrogen and oxygen atoms in total. The summed E-state index contributed by atoms with van der Waals surface area (Å²) in [6, 6.07) is 16.8. The number of nitriles is 2. The van der Waals surface area contributed by atoms with Crippen LogP contribution < -0.4 is 4.74 Å². The molecular weight excluding hydrogens is 308 g/mol. The number of benzene rings is 2. The van der Waals surface area contributed by atoms with Crippen molar-refractivity contribution in [2.24, 2.45) is 0 Å². The van der Waals surface area contributed by atoms with Gasteiger partial charge >= 0.3 is 0 Å². The first-order valence-corrected chi connectivity index (χ1v) is 7.31. The fraction of sp³-hybridized carbons (Fsp3) is 0.0526. The molecular formula is C19H11ClN2O. The van der Waals surface area contributed by atoms with Crippen LogP contribution in [0, 0.1) is 29.6 Å². The average Bonchev–Trinajstić information content (AvgIpc) is 2.56. The van der Waals surface area contributed by atoms with E-state index in [0.717, 1.165) is 16.7 Å². The predicted octanol–water partition coefficient (Wildman–Crippen LogP) is 4.88. The van der Waals surface area contributed by atoms with Crippen molar-refractivity contribution in [2.75, 3.05) is 0 Å². The molecule has 0 amide bonds. The number of aryl methyl sites for hydroxylation is 1. The van der Waals surface area contributed by atoms with E-state index in [9.17, 15) is 10.5 Å². The molecule has 2 aromatic rings. The van der Waals surface area contributed by atoms with Crippen LogP contribution >= 0.6 is 11.6 Å². The molecule has 110 valence electrons. The predicted molar refractivity (Wildman–Crippen MR) is 89.4 cm³/mol. The molecule has 0 unspecified atom stereocenters. The molecule has 3 rings (SSSR count). The SMILES string of the molecule is Cc1ccc2c(c1)C(=C(C#N)C#N)C=C(c1ccc(Cl)cc1)O2. The number of rotatable bonds is 1. The summed E-state index contributed by atoms with van der Waals surface area (Å²) < 4.78 is 5.95. The zero-order chi connectivity index (χ0) is 16.4. The number of halogens is 1. The molecule has 0 saturated carbocycles. The molecule has 0 saturated heterocycles. The van der Waals surface area contributed by atoms with Crippen LogP contribution in [-0.4, -0.2) is 0 Å². The highest BCUT2D eigenvalue weighted by atomic mass is 35.5. The van der Waals surface area contributed by atoms with Gasteiger partial charge in [-0.1, -0.05) is 23.2 Å². The van der Waals surface area contributed by atoms with Gasteiger partial charge < -0.3 is 4.74 Å². The summed E-state index contributed by atoms with van der Waals surface area (Å²) in [5.74, 6) is 1.21. The molecule has 23 heavy (non-hydrogen) atoms. The van der Waals surface area contributed by atoms with Crippen molar-refractivity contribution in [3.8, 4) is 17.9 Å². The molecule has 0 fully saturated rings. The van der Waals surface area contributed by atoms with Gasteiger partial charge in [-0.25, -0.2) is 0 Å². The molecule has 0 radical (unpaired) electrons. The minimum Gasteiger partial charge on any atom is -0.456 e. The Morgan fingerprint density at radius 1 is 1.04 bits per heavy atom. The minimum absolute atomic E-state index is 0.0617. The number of hydrogen-bond acceptors (Lipinski definition) is 3. The van der Waals surface area contributed by atoms with E-state index in [1.54, 1.807) is 18.2 Å². The van der Waals surface area contributed by atoms with Gasteiger partial charge in [-0.3, -0.25) is 0 Å². The maximum Gasteiger partial charge on any atom is 0.137 e. The van der Waals surface area contributed by atoms with Crippen LogP contribution in [0.5, 0.6) is 5.75 Å². The maximum absolute atomic E-state index is 9.25. The smallest absolute Gasteiger partial charge is 0.137 e. The fourth-order valence-corrected chi connectivity index (χ4v) is 2.53. The van der Waals surface area contributed by atoms with Crippen LogP contribution in [0.1, 0.15) is 16.7 Å². The molecule has 2 aromatic carbocycles. The summed E-state index contributed by atoms with van der Waals surface area (Å²) in [6.07, 6.45) is 1.73. The van der Waals surface area contributed by atoms with Crippen molar-refractivity contribution in [3.63, 3.8) is 0 Å². The van der Waals surface area contributed by atoms with Crippen molar-refractivity contribution in [1.29, 1.82) is 10.5 Å². The Labute approximate surface area is 139 Å². The highest BCUT2D eigenvalue weighted by Gasteiger charge is 2.21. The molecule has 0 aromatic heterocycles. The van der Waals surface area contributed by atoms with Crippen LogP contribution in [0.3, 0.4) is 0 Å². The standard InChI is InChI=1S/C19H11ClN2O/c1-12-2-7-18-17(8-12)16(14(10-21)11-22)9-19(23-18)13-3-5-15(20)6-4-13/h2-9H,1H3. The fourth-order valence-electron chi connectivity index (χ4n) is 2.41. The first-order chi connectivity index (χ1) is 11.1. The average molecular weight is 319 g/mol. The Bertz CT molecular complexity index is 909. The molecule has 0 spiro atoms. The lowest BCUT2D eigenvalue weighted by Gasteiger charge is -2.21. The second-order valence-electron chi connectivity index (χ2n) is 5.13. The molecule has 0 bridgehead atoms. The Morgan fingerprint density at radius 2 is 1.74 bits per heavy atom. The van der Waals surface area contributed by atoms with Gasteiger partial charge in [0.05, 0.1) is 0 Å². The van der Waals surface area contributed by atoms with Crippen LogP contribution in [0.4, 0.5) is 0 Å². The van der Waals surface area contributed by atoms with E-state index in [0.29, 0.717) is 22.1 Å². The van der Waals surface area contributed by atoms with Gasteiger partial charge in [0.2, 0.25) is 0 Å². The third-order valence-corrected chi connectivity index (χ3v) is 3.79. The van der Waals surface area contributed by atoms with E-state index in [4.69, 9.17) is 16.3 Å². The highest BCUT2D eigenvalue weighted by Crippen LogP contribution is 2.39. The first kappa shape index (κ1) is 14.9. The number of allylic oxidation sites excluding steroid dienone is 3. The van der Waals surface area contributed by atoms with Crippen LogP contribution in [-0.2, 0) is 0 Å². The molecule has 1 heterocycles. The van der Waals surface area contributed by atoms with Crippen LogP contribution in [0.2, 0.25) is 5.02 Å². The van der Waals surface area contributed by atoms with Crippen molar-refractivity contribution in [3.05, 3.63) is 75.8 Å².